The molecule has 2 aliphatic rings. The molecule has 1 aliphatic carbocycles. The zero-order valence-electron chi connectivity index (χ0n) is 9.53. The van der Waals surface area contributed by atoms with Gasteiger partial charge < -0.3 is 10.1 Å². The Morgan fingerprint density at radius 3 is 3.07 bits per heavy atom. The maximum absolute atomic E-state index is 5.46. The van der Waals surface area contributed by atoms with Crippen molar-refractivity contribution < 1.29 is 4.74 Å². The normalized spacial score (nSPS) is 27.6. The molecule has 0 aromatic heterocycles. The van der Waals surface area contributed by atoms with Crippen LogP contribution in [0.25, 0.3) is 0 Å². The van der Waals surface area contributed by atoms with Crippen molar-refractivity contribution in [2.45, 2.75) is 38.0 Å². The van der Waals surface area contributed by atoms with E-state index in [0.717, 1.165) is 36.0 Å². The molecule has 0 radical (unpaired) electrons. The highest BCUT2D eigenvalue weighted by molar-refractivity contribution is 8.14. The summed E-state index contributed by atoms with van der Waals surface area (Å²) in [6.45, 7) is 6.79. The zero-order valence-corrected chi connectivity index (χ0v) is 10.3. The van der Waals surface area contributed by atoms with Crippen LogP contribution in [0.15, 0.2) is 4.99 Å². The average Bonchev–Trinajstić information content (AvgIpc) is 2.96. The minimum absolute atomic E-state index is 0.276. The van der Waals surface area contributed by atoms with Crippen LogP contribution in [0.4, 0.5) is 0 Å². The molecule has 1 heterocycles. The summed E-state index contributed by atoms with van der Waals surface area (Å²) in [6, 6.07) is 0. The van der Waals surface area contributed by atoms with Crippen molar-refractivity contribution in [3.8, 4) is 0 Å². The van der Waals surface area contributed by atoms with E-state index in [1.165, 1.54) is 12.8 Å². The van der Waals surface area contributed by atoms with Crippen LogP contribution >= 0.6 is 11.8 Å². The molecule has 0 bridgehead atoms. The van der Waals surface area contributed by atoms with Gasteiger partial charge in [-0.05, 0) is 32.6 Å². The van der Waals surface area contributed by atoms with Crippen molar-refractivity contribution in [1.29, 1.82) is 0 Å². The fourth-order valence-corrected chi connectivity index (χ4v) is 2.99. The minimum atomic E-state index is 0.276. The minimum Gasteiger partial charge on any atom is -0.377 e. The number of hydrogen-bond acceptors (Lipinski definition) is 4. The Morgan fingerprint density at radius 1 is 1.60 bits per heavy atom. The van der Waals surface area contributed by atoms with Crippen LogP contribution in [0.1, 0.15) is 26.7 Å². The second kappa shape index (κ2) is 5.21. The summed E-state index contributed by atoms with van der Waals surface area (Å²) >= 11 is 1.92. The van der Waals surface area contributed by atoms with Crippen LogP contribution < -0.4 is 5.32 Å². The van der Waals surface area contributed by atoms with Crippen LogP contribution in [-0.2, 0) is 4.74 Å². The van der Waals surface area contributed by atoms with Crippen LogP contribution in [0.2, 0.25) is 0 Å². The first-order chi connectivity index (χ1) is 7.29. The van der Waals surface area contributed by atoms with Gasteiger partial charge in [-0.3, -0.25) is 4.99 Å². The molecular formula is C11H20N2OS. The second-order valence-electron chi connectivity index (χ2n) is 4.29. The third-order valence-electron chi connectivity index (χ3n) is 2.82. The van der Waals surface area contributed by atoms with Gasteiger partial charge in [0.05, 0.1) is 12.6 Å². The van der Waals surface area contributed by atoms with Crippen molar-refractivity contribution in [2.24, 2.45) is 10.9 Å². The molecule has 1 saturated carbocycles. The van der Waals surface area contributed by atoms with Gasteiger partial charge in [0.2, 0.25) is 0 Å². The SMILES string of the molecule is CCOC(C)CNC1=NCC(C2CC2)S1. The maximum atomic E-state index is 5.46. The predicted octanol–water partition coefficient (Wildman–Crippen LogP) is 1.88. The topological polar surface area (TPSA) is 33.6 Å². The highest BCUT2D eigenvalue weighted by atomic mass is 32.2. The molecule has 2 atom stereocenters. The number of rotatable bonds is 5. The Labute approximate surface area is 96.1 Å². The van der Waals surface area contributed by atoms with E-state index in [2.05, 4.69) is 17.2 Å². The lowest BCUT2D eigenvalue weighted by Gasteiger charge is -2.13. The molecule has 0 aromatic rings. The van der Waals surface area contributed by atoms with Gasteiger partial charge in [-0.2, -0.15) is 0 Å². The van der Waals surface area contributed by atoms with E-state index in [1.807, 2.05) is 18.7 Å². The molecule has 0 saturated heterocycles. The number of thioether (sulfide) groups is 1. The smallest absolute Gasteiger partial charge is 0.157 e. The first-order valence-corrected chi connectivity index (χ1v) is 6.74. The van der Waals surface area contributed by atoms with Crippen molar-refractivity contribution in [2.75, 3.05) is 19.7 Å². The van der Waals surface area contributed by atoms with Crippen LogP contribution in [0.3, 0.4) is 0 Å². The van der Waals surface area contributed by atoms with Crippen LogP contribution in [0, 0.1) is 5.92 Å². The first kappa shape index (κ1) is 11.3. The summed E-state index contributed by atoms with van der Waals surface area (Å²) < 4.78 is 5.46. The molecule has 86 valence electrons. The number of aliphatic imine (C=N–C) groups is 1. The molecule has 1 aliphatic heterocycles. The molecule has 2 unspecified atom stereocenters. The van der Waals surface area contributed by atoms with Crippen LogP contribution in [-0.4, -0.2) is 36.2 Å². The summed E-state index contributed by atoms with van der Waals surface area (Å²) in [6.07, 6.45) is 3.10. The standard InChI is InChI=1S/C11H20N2OS/c1-3-14-8(2)6-12-11-13-7-10(15-11)9-4-5-9/h8-10H,3-7H2,1-2H3,(H,12,13). The molecule has 0 amide bonds. The lowest BCUT2D eigenvalue weighted by Crippen LogP contribution is -2.30. The van der Waals surface area contributed by atoms with Gasteiger partial charge in [-0.1, -0.05) is 11.8 Å². The summed E-state index contributed by atoms with van der Waals surface area (Å²) in [4.78, 5) is 4.52. The Bertz CT molecular complexity index is 241. The van der Waals surface area contributed by atoms with E-state index in [4.69, 9.17) is 4.74 Å². The molecule has 1 fully saturated rings. The molecule has 0 aromatic carbocycles. The monoisotopic (exact) mass is 228 g/mol. The largest absolute Gasteiger partial charge is 0.377 e. The Kier molecular flexibility index (Phi) is 3.92. The van der Waals surface area contributed by atoms with Crippen molar-refractivity contribution in [1.82, 2.24) is 5.32 Å². The Hall–Kier alpha value is -0.220. The molecule has 15 heavy (non-hydrogen) atoms. The second-order valence-corrected chi connectivity index (χ2v) is 5.51. The lowest BCUT2D eigenvalue weighted by atomic mass is 10.3. The fraction of sp³-hybridized carbons (Fsp3) is 0.909. The summed E-state index contributed by atoms with van der Waals surface area (Å²) in [5, 5.41) is 5.25. The number of ether oxygens (including phenoxy) is 1. The third-order valence-corrected chi connectivity index (χ3v) is 4.15. The van der Waals surface area contributed by atoms with Crippen molar-refractivity contribution in [3.05, 3.63) is 0 Å². The van der Waals surface area contributed by atoms with E-state index >= 15 is 0 Å². The molecule has 1 N–H and O–H groups in total. The summed E-state index contributed by atoms with van der Waals surface area (Å²) in [5.41, 5.74) is 0. The number of nitrogens with one attached hydrogen (secondary N) is 1. The third kappa shape index (κ3) is 3.38. The van der Waals surface area contributed by atoms with E-state index in [1.54, 1.807) is 0 Å². The predicted molar refractivity (Wildman–Crippen MR) is 65.5 cm³/mol. The van der Waals surface area contributed by atoms with Gasteiger partial charge >= 0.3 is 0 Å². The summed E-state index contributed by atoms with van der Waals surface area (Å²) in [5.74, 6) is 0.947. The van der Waals surface area contributed by atoms with E-state index in [9.17, 15) is 0 Å². The molecule has 4 heteroatoms. The number of nitrogens with zero attached hydrogens (tertiary/aromatic N) is 1. The molecule has 2 rings (SSSR count). The highest BCUT2D eigenvalue weighted by Crippen LogP contribution is 2.41. The fourth-order valence-electron chi connectivity index (χ4n) is 1.78. The van der Waals surface area contributed by atoms with Gasteiger partial charge in [-0.25, -0.2) is 0 Å². The van der Waals surface area contributed by atoms with Crippen molar-refractivity contribution in [3.63, 3.8) is 0 Å². The van der Waals surface area contributed by atoms with Gasteiger partial charge in [0.1, 0.15) is 0 Å². The van der Waals surface area contributed by atoms with Gasteiger partial charge in [0.25, 0.3) is 0 Å². The molecule has 0 spiro atoms. The van der Waals surface area contributed by atoms with E-state index < -0.39 is 0 Å². The average molecular weight is 228 g/mol. The van der Waals surface area contributed by atoms with Gasteiger partial charge in [-0.15, -0.1) is 0 Å². The van der Waals surface area contributed by atoms with Gasteiger partial charge in [0, 0.05) is 18.4 Å². The van der Waals surface area contributed by atoms with Gasteiger partial charge in [0.15, 0.2) is 5.17 Å². The zero-order chi connectivity index (χ0) is 10.7. The number of hydrogen-bond donors (Lipinski definition) is 1. The summed E-state index contributed by atoms with van der Waals surface area (Å²) in [7, 11) is 0. The van der Waals surface area contributed by atoms with Crippen LogP contribution in [0.5, 0.6) is 0 Å². The number of amidine groups is 1. The Morgan fingerprint density at radius 2 is 2.40 bits per heavy atom. The highest BCUT2D eigenvalue weighted by Gasteiger charge is 2.35. The Balaban J connectivity index is 1.63. The van der Waals surface area contributed by atoms with E-state index in [0.29, 0.717) is 0 Å². The van der Waals surface area contributed by atoms with Crippen molar-refractivity contribution >= 4 is 16.9 Å². The molecule has 3 nitrogen and oxygen atoms in total. The molecular weight excluding hydrogens is 208 g/mol. The quantitative estimate of drug-likeness (QED) is 0.780. The lowest BCUT2D eigenvalue weighted by molar-refractivity contribution is 0.0796. The first-order valence-electron chi connectivity index (χ1n) is 5.86. The maximum Gasteiger partial charge on any atom is 0.157 e. The van der Waals surface area contributed by atoms with E-state index in [-0.39, 0.29) is 6.10 Å².